The second kappa shape index (κ2) is 18.6. The zero-order chi connectivity index (χ0) is 49.3. The van der Waals surface area contributed by atoms with Gasteiger partial charge in [-0.05, 0) is 86.8 Å². The van der Waals surface area contributed by atoms with Crippen molar-refractivity contribution < 1.29 is 70.6 Å². The highest BCUT2D eigenvalue weighted by Crippen LogP contribution is 2.66. The number of carbonyl (C=O) groups is 2. The first-order valence-corrected chi connectivity index (χ1v) is 27.2. The molecule has 25 heteroatoms. The van der Waals surface area contributed by atoms with Gasteiger partial charge < -0.3 is 49.2 Å². The zero-order valence-electron chi connectivity index (χ0n) is 37.2. The van der Waals surface area contributed by atoms with Gasteiger partial charge in [0, 0.05) is 76.4 Å². The fourth-order valence-corrected chi connectivity index (χ4v) is 13.6. The Balaban J connectivity index is 0.916. The first-order chi connectivity index (χ1) is 33.3. The summed E-state index contributed by atoms with van der Waals surface area (Å²) in [7, 11) is -16.8. The minimum Gasteiger partial charge on any atom is -0.545 e. The molecule has 3 aromatic carbocycles. The van der Waals surface area contributed by atoms with Crippen LogP contribution < -0.4 is 46.5 Å². The fraction of sp³-hybridized carbons (Fsp3) is 0.400. The quantitative estimate of drug-likeness (QED) is 0.0580. The number of phosphoric acid groups is 3. The predicted molar refractivity (Wildman–Crippen MR) is 245 cm³/mol. The maximum atomic E-state index is 13.9. The summed E-state index contributed by atoms with van der Waals surface area (Å²) >= 11 is 0. The molecule has 10 rings (SSSR count). The largest absolute Gasteiger partial charge is 0.545 e. The Morgan fingerprint density at radius 2 is 1.63 bits per heavy atom. The molecule has 70 heavy (non-hydrogen) atoms. The van der Waals surface area contributed by atoms with Gasteiger partial charge in [0.05, 0.1) is 30.8 Å². The molecule has 22 nitrogen and oxygen atoms in total. The van der Waals surface area contributed by atoms with Crippen molar-refractivity contribution in [1.82, 2.24) is 19.4 Å². The van der Waals surface area contributed by atoms with Crippen LogP contribution in [0.1, 0.15) is 104 Å². The SMILES string of the molecule is O=C(NCC#Cc1cn([C@H]2CC[C@@H](COP(=O)(O)OP(=O)(O)OP(=O)(O)O)O2)c(=O)[nH]c1=O)c1ccc(C(=O)[O-])c(C2=c3cc4c5c(c3Oc3c2cc2c6c3CCCN6CCC2)CCC[N+]=5CCC4)c1. The third-order valence-corrected chi connectivity index (χ3v) is 17.0. The Labute approximate surface area is 397 Å². The molecule has 6 N–H and O–H groups in total. The number of amides is 1. The standard InChI is InChI=1S/C45H46N5O17P3/c51-42(46-15-1-6-28-23-50(45(55)47-43(28)52)36-14-12-29(64-36)24-63-69(59,60)67-70(61,62)66-68(56,57)58)27-11-13-30(44(53)54)33(22-27)37-34-20-25-7-2-16-48-18-4-9-31(38(25)48)40(34)65-41-32-10-5-19-49-17-3-8-26(39(32)49)21-35(37)41/h11,13,20-23,29,36H,2-5,7-10,12,14-19,24H2,(H6-,46,47,51,52,53,54,55,56,57,58,59,60,61,62)/t29-,36+/m0/s1. The van der Waals surface area contributed by atoms with Gasteiger partial charge in [0.15, 0.2) is 0 Å². The molecule has 0 bridgehead atoms. The lowest BCUT2D eigenvalue weighted by Crippen LogP contribution is -2.45. The molecule has 1 fully saturated rings. The van der Waals surface area contributed by atoms with Crippen molar-refractivity contribution in [1.29, 1.82) is 0 Å². The number of ether oxygens (including phenoxy) is 2. The Morgan fingerprint density at radius 1 is 0.886 bits per heavy atom. The highest BCUT2D eigenvalue weighted by molar-refractivity contribution is 7.66. The van der Waals surface area contributed by atoms with E-state index in [9.17, 15) is 47.8 Å². The van der Waals surface area contributed by atoms with Crippen LogP contribution in [0.5, 0.6) is 11.5 Å². The molecule has 0 radical (unpaired) electrons. The van der Waals surface area contributed by atoms with Crippen LogP contribution in [0.3, 0.4) is 0 Å². The molecule has 6 aliphatic heterocycles. The summed E-state index contributed by atoms with van der Waals surface area (Å²) in [5.41, 5.74) is 5.70. The summed E-state index contributed by atoms with van der Waals surface area (Å²) in [6.45, 7) is 2.81. The van der Waals surface area contributed by atoms with E-state index in [1.807, 2.05) is 0 Å². The van der Waals surface area contributed by atoms with Crippen LogP contribution in [0.2, 0.25) is 0 Å². The minimum atomic E-state index is -5.74. The van der Waals surface area contributed by atoms with E-state index in [1.54, 1.807) is 6.07 Å². The van der Waals surface area contributed by atoms with Crippen molar-refractivity contribution in [2.45, 2.75) is 76.5 Å². The van der Waals surface area contributed by atoms with E-state index >= 15 is 0 Å². The zero-order valence-corrected chi connectivity index (χ0v) is 39.9. The molecule has 1 amide bonds. The normalized spacial score (nSPS) is 20.6. The van der Waals surface area contributed by atoms with Gasteiger partial charge in [-0.2, -0.15) is 8.62 Å². The van der Waals surface area contributed by atoms with E-state index in [1.165, 1.54) is 34.3 Å². The van der Waals surface area contributed by atoms with Crippen LogP contribution in [0.4, 0.5) is 5.69 Å². The van der Waals surface area contributed by atoms with E-state index in [0.717, 1.165) is 122 Å². The number of H-pyrrole nitrogens is 1. The van der Waals surface area contributed by atoms with Gasteiger partial charge in [-0.15, -0.1) is 0 Å². The van der Waals surface area contributed by atoms with Crippen molar-refractivity contribution in [3.05, 3.63) is 118 Å². The van der Waals surface area contributed by atoms with Gasteiger partial charge in [0.25, 0.3) is 11.5 Å². The average Bonchev–Trinajstić information content (AvgIpc) is 3.78. The number of carboxylic acid groups (broad SMARTS) is 1. The number of nitrogens with one attached hydrogen (secondary N) is 2. The van der Waals surface area contributed by atoms with Gasteiger partial charge in [0.2, 0.25) is 5.36 Å². The molecule has 0 aliphatic carbocycles. The molecular formula is C45H46N5O17P3. The summed E-state index contributed by atoms with van der Waals surface area (Å²) in [5, 5.41) is 17.7. The number of phosphoric ester groups is 1. The van der Waals surface area contributed by atoms with Crippen molar-refractivity contribution in [2.24, 2.45) is 0 Å². The number of aryl methyl sites for hydroxylation is 2. The highest BCUT2D eigenvalue weighted by atomic mass is 31.3. The number of hydrogen-bond donors (Lipinski definition) is 6. The number of carbonyl (C=O) groups excluding carboxylic acids is 2. The number of anilines is 1. The predicted octanol–water partition coefficient (Wildman–Crippen LogP) is 1.14. The first-order valence-electron chi connectivity index (χ1n) is 22.7. The summed E-state index contributed by atoms with van der Waals surface area (Å²) in [6.07, 6.45) is 6.53. The minimum absolute atomic E-state index is 0.0858. The van der Waals surface area contributed by atoms with Gasteiger partial charge in [-0.3, -0.25) is 23.7 Å². The monoisotopic (exact) mass is 1020 g/mol. The number of nitrogens with zero attached hydrogens (tertiary/aromatic N) is 3. The molecule has 6 aliphatic rings. The van der Waals surface area contributed by atoms with E-state index in [4.69, 9.17) is 19.3 Å². The smallest absolute Gasteiger partial charge is 0.490 e. The molecule has 1 saturated heterocycles. The molecule has 0 spiro atoms. The van der Waals surface area contributed by atoms with Gasteiger partial charge in [0.1, 0.15) is 36.4 Å². The Hall–Kier alpha value is -5.52. The van der Waals surface area contributed by atoms with Crippen LogP contribution in [-0.2, 0) is 57.3 Å². The molecule has 4 aromatic rings. The number of hydrogen-bond acceptors (Lipinski definition) is 14. The maximum absolute atomic E-state index is 13.9. The summed E-state index contributed by atoms with van der Waals surface area (Å²) in [6, 6.07) is 8.63. The number of aromatic nitrogens is 2. The summed E-state index contributed by atoms with van der Waals surface area (Å²) in [5.74, 6) is 4.80. The third-order valence-electron chi connectivity index (χ3n) is 13.2. The highest BCUT2D eigenvalue weighted by Gasteiger charge is 2.42. The molecule has 4 atom stereocenters. The fourth-order valence-electron chi connectivity index (χ4n) is 10.5. The summed E-state index contributed by atoms with van der Waals surface area (Å²) in [4.78, 5) is 93.8. The van der Waals surface area contributed by atoms with Crippen molar-refractivity contribution in [3.8, 4) is 23.3 Å². The van der Waals surface area contributed by atoms with Crippen molar-refractivity contribution in [2.75, 3.05) is 44.2 Å². The molecule has 2 unspecified atom stereocenters. The van der Waals surface area contributed by atoms with E-state index in [0.29, 0.717) is 11.1 Å². The average molecular weight is 1020 g/mol. The van der Waals surface area contributed by atoms with Crippen LogP contribution in [-0.4, -0.2) is 86.4 Å². The Morgan fingerprint density at radius 3 is 2.40 bits per heavy atom. The second-order valence-electron chi connectivity index (χ2n) is 17.8. The number of rotatable bonds is 12. The topological polar surface area (TPSA) is 309 Å². The molecule has 1 aromatic heterocycles. The van der Waals surface area contributed by atoms with E-state index in [-0.39, 0.29) is 36.1 Å². The van der Waals surface area contributed by atoms with Gasteiger partial charge in [-0.1, -0.05) is 17.9 Å². The van der Waals surface area contributed by atoms with E-state index in [2.05, 4.69) is 56.9 Å². The second-order valence-corrected chi connectivity index (χ2v) is 22.2. The Kier molecular flexibility index (Phi) is 12.8. The lowest BCUT2D eigenvalue weighted by atomic mass is 9.81. The summed E-state index contributed by atoms with van der Waals surface area (Å²) < 4.78 is 63.0. The van der Waals surface area contributed by atoms with Crippen LogP contribution in [0.15, 0.2) is 46.1 Å². The number of fused-ring (bicyclic) bond motifs is 4. The molecule has 0 saturated carbocycles. The number of aromatic carboxylic acids is 1. The van der Waals surface area contributed by atoms with Crippen LogP contribution in [0, 0.1) is 11.8 Å². The van der Waals surface area contributed by atoms with Crippen molar-refractivity contribution in [3.63, 3.8) is 0 Å². The lowest BCUT2D eigenvalue weighted by molar-refractivity contribution is -0.255. The van der Waals surface area contributed by atoms with Crippen LogP contribution >= 0.6 is 23.5 Å². The number of aromatic amines is 1. The molecular weight excluding hydrogens is 975 g/mol. The van der Waals surface area contributed by atoms with Gasteiger partial charge >= 0.3 is 29.2 Å². The lowest BCUT2D eigenvalue weighted by Gasteiger charge is -2.39. The molecule has 7 heterocycles. The Bertz CT molecular complexity index is 3390. The maximum Gasteiger partial charge on any atom is 0.490 e. The van der Waals surface area contributed by atoms with Crippen LogP contribution in [0.25, 0.3) is 5.57 Å². The van der Waals surface area contributed by atoms with E-state index < -0.39 is 65.5 Å². The number of benzene rings is 3. The van der Waals surface area contributed by atoms with Crippen molar-refractivity contribution >= 4 is 46.6 Å². The number of carboxylic acids is 1. The third kappa shape index (κ3) is 9.52. The van der Waals surface area contributed by atoms with Gasteiger partial charge in [-0.25, -0.2) is 23.1 Å². The first kappa shape index (κ1) is 48.1. The molecule has 368 valence electrons.